The molecule has 0 bridgehead atoms. The first-order valence-electron chi connectivity index (χ1n) is 4.78. The van der Waals surface area contributed by atoms with Gasteiger partial charge in [0.05, 0.1) is 0 Å². The van der Waals surface area contributed by atoms with Gasteiger partial charge in [-0.2, -0.15) is 0 Å². The van der Waals surface area contributed by atoms with Gasteiger partial charge in [0.15, 0.2) is 8.32 Å². The molecule has 1 nitrogen and oxygen atoms in total. The second-order valence-corrected chi connectivity index (χ2v) is 8.46. The van der Waals surface area contributed by atoms with Gasteiger partial charge in [-0.15, -0.1) is 6.42 Å². The van der Waals surface area contributed by atoms with E-state index < -0.39 is 8.32 Å². The minimum atomic E-state index is -1.48. The number of hydrogen-bond acceptors (Lipinski definition) is 1. The first-order chi connectivity index (χ1) is 5.99. The van der Waals surface area contributed by atoms with E-state index in [1.54, 1.807) is 0 Å². The fourth-order valence-corrected chi connectivity index (χ4v) is 1.98. The van der Waals surface area contributed by atoms with Gasteiger partial charge in [-0.1, -0.05) is 25.0 Å². The summed E-state index contributed by atoms with van der Waals surface area (Å²) in [6.45, 7) is 8.57. The average Bonchev–Trinajstić information content (AvgIpc) is 2.01. The van der Waals surface area contributed by atoms with Crippen molar-refractivity contribution in [3.05, 3.63) is 12.2 Å². The van der Waals surface area contributed by atoms with E-state index in [-0.39, 0.29) is 6.10 Å². The van der Waals surface area contributed by atoms with Crippen molar-refractivity contribution in [1.82, 2.24) is 0 Å². The molecular weight excluding hydrogens is 176 g/mol. The molecular formula is C11H20OSi. The van der Waals surface area contributed by atoms with Crippen LogP contribution in [0.15, 0.2) is 12.2 Å². The molecule has 0 aliphatic carbocycles. The number of rotatable bonds is 5. The van der Waals surface area contributed by atoms with Gasteiger partial charge >= 0.3 is 0 Å². The Morgan fingerprint density at radius 1 is 1.38 bits per heavy atom. The topological polar surface area (TPSA) is 9.23 Å². The van der Waals surface area contributed by atoms with Crippen LogP contribution >= 0.6 is 0 Å². The molecule has 74 valence electrons. The maximum absolute atomic E-state index is 5.79. The van der Waals surface area contributed by atoms with E-state index in [0.717, 1.165) is 12.8 Å². The molecule has 0 rings (SSSR count). The van der Waals surface area contributed by atoms with Crippen molar-refractivity contribution in [2.24, 2.45) is 0 Å². The summed E-state index contributed by atoms with van der Waals surface area (Å²) >= 11 is 0. The van der Waals surface area contributed by atoms with Gasteiger partial charge in [0.1, 0.15) is 6.10 Å². The molecule has 2 heteroatoms. The SMILES string of the molecule is C#C[C@H](CC=CCC)O[Si](C)(C)C. The molecule has 13 heavy (non-hydrogen) atoms. The first-order valence-corrected chi connectivity index (χ1v) is 8.19. The fourth-order valence-electron chi connectivity index (χ4n) is 0.963. The molecule has 0 saturated carbocycles. The van der Waals surface area contributed by atoms with Crippen LogP contribution in [0.25, 0.3) is 0 Å². The van der Waals surface area contributed by atoms with Gasteiger partial charge in [0.2, 0.25) is 0 Å². The van der Waals surface area contributed by atoms with Gasteiger partial charge in [-0.25, -0.2) is 0 Å². The van der Waals surface area contributed by atoms with Crippen molar-refractivity contribution in [2.45, 2.75) is 45.5 Å². The summed E-state index contributed by atoms with van der Waals surface area (Å²) in [7, 11) is -1.48. The monoisotopic (exact) mass is 196 g/mol. The predicted octanol–water partition coefficient (Wildman–Crippen LogP) is 3.20. The molecule has 0 unspecified atom stereocenters. The van der Waals surface area contributed by atoms with Crippen LogP contribution in [0.1, 0.15) is 19.8 Å². The van der Waals surface area contributed by atoms with Crippen LogP contribution in [0, 0.1) is 12.3 Å². The highest BCUT2D eigenvalue weighted by Crippen LogP contribution is 2.09. The molecule has 1 atom stereocenters. The molecule has 0 heterocycles. The Morgan fingerprint density at radius 2 is 2.00 bits per heavy atom. The van der Waals surface area contributed by atoms with Crippen LogP contribution in [-0.2, 0) is 4.43 Å². The van der Waals surface area contributed by atoms with Crippen molar-refractivity contribution >= 4 is 8.32 Å². The number of hydrogen-bond donors (Lipinski definition) is 0. The third-order valence-corrected chi connectivity index (χ3v) is 2.43. The minimum Gasteiger partial charge on any atom is -0.404 e. The molecule has 0 aromatic heterocycles. The zero-order chi connectivity index (χ0) is 10.3. The summed E-state index contributed by atoms with van der Waals surface area (Å²) in [4.78, 5) is 0. The summed E-state index contributed by atoms with van der Waals surface area (Å²) < 4.78 is 5.79. The number of allylic oxidation sites excluding steroid dienone is 1. The molecule has 0 amide bonds. The molecule has 0 saturated heterocycles. The van der Waals surface area contributed by atoms with Crippen molar-refractivity contribution in [2.75, 3.05) is 0 Å². The molecule has 0 spiro atoms. The second kappa shape index (κ2) is 6.01. The Labute approximate surface area is 83.3 Å². The van der Waals surface area contributed by atoms with Crippen molar-refractivity contribution in [3.63, 3.8) is 0 Å². The maximum Gasteiger partial charge on any atom is 0.185 e. The molecule has 0 aliphatic heterocycles. The third-order valence-electron chi connectivity index (χ3n) is 1.43. The largest absolute Gasteiger partial charge is 0.404 e. The van der Waals surface area contributed by atoms with Gasteiger partial charge in [0.25, 0.3) is 0 Å². The Morgan fingerprint density at radius 3 is 2.38 bits per heavy atom. The normalized spacial score (nSPS) is 14.4. The second-order valence-electron chi connectivity index (χ2n) is 4.00. The predicted molar refractivity (Wildman–Crippen MR) is 61.1 cm³/mol. The quantitative estimate of drug-likeness (QED) is 0.373. The Hall–Kier alpha value is -0.523. The van der Waals surface area contributed by atoms with E-state index >= 15 is 0 Å². The van der Waals surface area contributed by atoms with E-state index in [2.05, 4.69) is 44.6 Å². The molecule has 0 aromatic rings. The first kappa shape index (κ1) is 12.5. The highest BCUT2D eigenvalue weighted by Gasteiger charge is 2.18. The fraction of sp³-hybridized carbons (Fsp3) is 0.636. The minimum absolute atomic E-state index is 0.0329. The van der Waals surface area contributed by atoms with Crippen molar-refractivity contribution in [3.8, 4) is 12.3 Å². The lowest BCUT2D eigenvalue weighted by Crippen LogP contribution is -2.30. The zero-order valence-electron chi connectivity index (χ0n) is 9.13. The summed E-state index contributed by atoms with van der Waals surface area (Å²) in [6, 6.07) is 0. The van der Waals surface area contributed by atoms with E-state index in [9.17, 15) is 0 Å². The standard InChI is InChI=1S/C11H20OSi/c1-6-8-9-10-11(7-2)12-13(3,4)5/h2,8-9,11H,6,10H2,1,3-5H3/t11-/m1/s1. The summed E-state index contributed by atoms with van der Waals surface area (Å²) in [5.74, 6) is 2.68. The lowest BCUT2D eigenvalue weighted by atomic mass is 10.2. The molecule has 0 N–H and O–H groups in total. The number of terminal acetylenes is 1. The Kier molecular flexibility index (Phi) is 5.77. The van der Waals surface area contributed by atoms with Crippen LogP contribution in [0.4, 0.5) is 0 Å². The highest BCUT2D eigenvalue weighted by atomic mass is 28.4. The van der Waals surface area contributed by atoms with Crippen LogP contribution in [0.2, 0.25) is 19.6 Å². The Bertz CT molecular complexity index is 195. The highest BCUT2D eigenvalue weighted by molar-refractivity contribution is 6.69. The van der Waals surface area contributed by atoms with E-state index in [1.807, 2.05) is 0 Å². The van der Waals surface area contributed by atoms with Crippen LogP contribution < -0.4 is 0 Å². The van der Waals surface area contributed by atoms with Crippen LogP contribution in [-0.4, -0.2) is 14.4 Å². The molecule has 0 aromatic carbocycles. The third kappa shape index (κ3) is 7.83. The zero-order valence-corrected chi connectivity index (χ0v) is 10.1. The van der Waals surface area contributed by atoms with Crippen molar-refractivity contribution in [1.29, 1.82) is 0 Å². The Balaban J connectivity index is 3.92. The lowest BCUT2D eigenvalue weighted by molar-refractivity contribution is 0.255. The van der Waals surface area contributed by atoms with E-state index in [4.69, 9.17) is 10.8 Å². The summed E-state index contributed by atoms with van der Waals surface area (Å²) in [5, 5.41) is 0. The lowest BCUT2D eigenvalue weighted by Gasteiger charge is -2.21. The van der Waals surface area contributed by atoms with Gasteiger partial charge < -0.3 is 4.43 Å². The maximum atomic E-state index is 5.79. The molecule has 0 fully saturated rings. The smallest absolute Gasteiger partial charge is 0.185 e. The van der Waals surface area contributed by atoms with Gasteiger partial charge in [-0.3, -0.25) is 0 Å². The van der Waals surface area contributed by atoms with Crippen molar-refractivity contribution < 1.29 is 4.43 Å². The molecule has 0 aliphatic rings. The average molecular weight is 196 g/mol. The summed E-state index contributed by atoms with van der Waals surface area (Å²) in [6.07, 6.45) is 11.5. The van der Waals surface area contributed by atoms with E-state index in [1.165, 1.54) is 0 Å². The van der Waals surface area contributed by atoms with E-state index in [0.29, 0.717) is 0 Å². The molecule has 0 radical (unpaired) electrons. The van der Waals surface area contributed by atoms with Gasteiger partial charge in [-0.05, 0) is 26.1 Å². The summed E-state index contributed by atoms with van der Waals surface area (Å²) in [5.41, 5.74) is 0. The van der Waals surface area contributed by atoms with Gasteiger partial charge in [0, 0.05) is 6.42 Å². The van der Waals surface area contributed by atoms with Crippen LogP contribution in [0.3, 0.4) is 0 Å². The van der Waals surface area contributed by atoms with Crippen LogP contribution in [0.5, 0.6) is 0 Å².